The van der Waals surface area contributed by atoms with Crippen molar-refractivity contribution in [2.45, 2.75) is 18.9 Å². The highest BCUT2D eigenvalue weighted by Crippen LogP contribution is 2.32. The maximum Gasteiger partial charge on any atom is 0.163 e. The first-order chi connectivity index (χ1) is 11.3. The predicted octanol–water partition coefficient (Wildman–Crippen LogP) is 1.37. The van der Waals surface area contributed by atoms with Gasteiger partial charge in [0.05, 0.1) is 12.6 Å². The number of nitrogens with zero attached hydrogens (tertiary/aromatic N) is 2. The van der Waals surface area contributed by atoms with Gasteiger partial charge in [-0.3, -0.25) is 0 Å². The largest absolute Gasteiger partial charge is 0.493 e. The highest BCUT2D eigenvalue weighted by atomic mass is 16.5. The van der Waals surface area contributed by atoms with Crippen molar-refractivity contribution in [1.29, 1.82) is 0 Å². The second-order valence-electron chi connectivity index (χ2n) is 5.47. The van der Waals surface area contributed by atoms with Crippen LogP contribution in [0.3, 0.4) is 0 Å². The SMILES string of the molecule is COc1cc2c(N)ncnc2cc1OCCNC1CCOCC1. The lowest BCUT2D eigenvalue weighted by Gasteiger charge is -2.23. The first-order valence-corrected chi connectivity index (χ1v) is 7.80. The van der Waals surface area contributed by atoms with Crippen LogP contribution in [0.1, 0.15) is 12.8 Å². The summed E-state index contributed by atoms with van der Waals surface area (Å²) in [6.07, 6.45) is 3.55. The first-order valence-electron chi connectivity index (χ1n) is 7.80. The van der Waals surface area contributed by atoms with Crippen molar-refractivity contribution in [1.82, 2.24) is 15.3 Å². The summed E-state index contributed by atoms with van der Waals surface area (Å²) in [5.74, 6) is 1.72. The van der Waals surface area contributed by atoms with Gasteiger partial charge in [0.2, 0.25) is 0 Å². The van der Waals surface area contributed by atoms with Gasteiger partial charge in [-0.25, -0.2) is 9.97 Å². The number of fused-ring (bicyclic) bond motifs is 1. The lowest BCUT2D eigenvalue weighted by Crippen LogP contribution is -2.37. The van der Waals surface area contributed by atoms with Crippen molar-refractivity contribution in [3.8, 4) is 11.5 Å². The number of ether oxygens (including phenoxy) is 3. The molecular weight excluding hydrogens is 296 g/mol. The fourth-order valence-electron chi connectivity index (χ4n) is 2.68. The molecule has 2 aromatic rings. The number of nitrogen functional groups attached to an aromatic ring is 1. The zero-order chi connectivity index (χ0) is 16.1. The molecule has 1 saturated heterocycles. The standard InChI is InChI=1S/C16H22N4O3/c1-21-14-8-12-13(19-10-20-16(12)17)9-15(14)23-7-4-18-11-2-5-22-6-3-11/h8-11,18H,2-7H2,1H3,(H2,17,19,20). The Bertz CT molecular complexity index is 659. The number of hydrogen-bond donors (Lipinski definition) is 2. The Kier molecular flexibility index (Phi) is 5.09. The topological polar surface area (TPSA) is 91.5 Å². The molecule has 3 N–H and O–H groups in total. The Balaban J connectivity index is 1.62. The Morgan fingerprint density at radius 2 is 2.09 bits per heavy atom. The van der Waals surface area contributed by atoms with E-state index in [1.807, 2.05) is 12.1 Å². The summed E-state index contributed by atoms with van der Waals surface area (Å²) in [6.45, 7) is 2.99. The zero-order valence-corrected chi connectivity index (χ0v) is 13.2. The van der Waals surface area contributed by atoms with Crippen molar-refractivity contribution in [3.05, 3.63) is 18.5 Å². The molecule has 23 heavy (non-hydrogen) atoms. The van der Waals surface area contributed by atoms with Gasteiger partial charge in [0, 0.05) is 37.3 Å². The first kappa shape index (κ1) is 15.8. The van der Waals surface area contributed by atoms with E-state index in [-0.39, 0.29) is 0 Å². The van der Waals surface area contributed by atoms with Crippen LogP contribution in [0.2, 0.25) is 0 Å². The Morgan fingerprint density at radius 3 is 2.87 bits per heavy atom. The zero-order valence-electron chi connectivity index (χ0n) is 13.2. The van der Waals surface area contributed by atoms with Crippen LogP contribution in [0, 0.1) is 0 Å². The summed E-state index contributed by atoms with van der Waals surface area (Å²) < 4.78 is 16.6. The number of hydrogen-bond acceptors (Lipinski definition) is 7. The maximum absolute atomic E-state index is 5.87. The molecule has 0 amide bonds. The van der Waals surface area contributed by atoms with Gasteiger partial charge in [0.25, 0.3) is 0 Å². The third kappa shape index (κ3) is 3.80. The molecule has 1 aromatic heterocycles. The van der Waals surface area contributed by atoms with Gasteiger partial charge in [0.15, 0.2) is 11.5 Å². The van der Waals surface area contributed by atoms with Gasteiger partial charge in [-0.15, -0.1) is 0 Å². The lowest BCUT2D eigenvalue weighted by atomic mass is 10.1. The number of nitrogens with one attached hydrogen (secondary N) is 1. The molecule has 7 nitrogen and oxygen atoms in total. The minimum atomic E-state index is 0.432. The van der Waals surface area contributed by atoms with Crippen molar-refractivity contribution in [3.63, 3.8) is 0 Å². The minimum Gasteiger partial charge on any atom is -0.493 e. The molecule has 1 aromatic carbocycles. The number of methoxy groups -OCH3 is 1. The van der Waals surface area contributed by atoms with E-state index in [0.29, 0.717) is 30.0 Å². The number of aromatic nitrogens is 2. The van der Waals surface area contributed by atoms with E-state index >= 15 is 0 Å². The fourth-order valence-corrected chi connectivity index (χ4v) is 2.68. The third-order valence-corrected chi connectivity index (χ3v) is 3.97. The van der Waals surface area contributed by atoms with Crippen molar-refractivity contribution in [2.24, 2.45) is 0 Å². The van der Waals surface area contributed by atoms with Gasteiger partial charge >= 0.3 is 0 Å². The van der Waals surface area contributed by atoms with Crippen LogP contribution in [0.25, 0.3) is 10.9 Å². The van der Waals surface area contributed by atoms with Gasteiger partial charge in [-0.2, -0.15) is 0 Å². The third-order valence-electron chi connectivity index (χ3n) is 3.97. The molecule has 0 radical (unpaired) electrons. The summed E-state index contributed by atoms with van der Waals surface area (Å²) >= 11 is 0. The highest BCUT2D eigenvalue weighted by molar-refractivity contribution is 5.90. The van der Waals surface area contributed by atoms with Gasteiger partial charge < -0.3 is 25.3 Å². The number of anilines is 1. The molecule has 1 aliphatic rings. The molecule has 124 valence electrons. The molecular formula is C16H22N4O3. The van der Waals surface area contributed by atoms with E-state index in [1.165, 1.54) is 6.33 Å². The lowest BCUT2D eigenvalue weighted by molar-refractivity contribution is 0.0770. The van der Waals surface area contributed by atoms with Crippen molar-refractivity contribution < 1.29 is 14.2 Å². The van der Waals surface area contributed by atoms with Crippen LogP contribution < -0.4 is 20.5 Å². The van der Waals surface area contributed by atoms with Crippen LogP contribution >= 0.6 is 0 Å². The Morgan fingerprint density at radius 1 is 1.26 bits per heavy atom. The van der Waals surface area contributed by atoms with E-state index in [2.05, 4.69) is 15.3 Å². The molecule has 2 heterocycles. The van der Waals surface area contributed by atoms with Crippen molar-refractivity contribution >= 4 is 16.7 Å². The molecule has 1 fully saturated rings. The van der Waals surface area contributed by atoms with Crippen molar-refractivity contribution in [2.75, 3.05) is 39.2 Å². The highest BCUT2D eigenvalue weighted by Gasteiger charge is 2.13. The summed E-state index contributed by atoms with van der Waals surface area (Å²) in [5, 5.41) is 4.25. The normalized spacial score (nSPS) is 15.7. The molecule has 0 unspecified atom stereocenters. The Labute approximate surface area is 135 Å². The van der Waals surface area contributed by atoms with Crippen LogP contribution in [-0.4, -0.2) is 49.5 Å². The molecule has 7 heteroatoms. The Hall–Kier alpha value is -2.12. The van der Waals surface area contributed by atoms with Gasteiger partial charge in [-0.1, -0.05) is 0 Å². The van der Waals surface area contributed by atoms with Crippen LogP contribution in [0.4, 0.5) is 5.82 Å². The molecule has 3 rings (SSSR count). The monoisotopic (exact) mass is 318 g/mol. The van der Waals surface area contributed by atoms with E-state index in [0.717, 1.165) is 43.5 Å². The predicted molar refractivity (Wildman–Crippen MR) is 87.8 cm³/mol. The summed E-state index contributed by atoms with van der Waals surface area (Å²) in [5.41, 5.74) is 6.61. The second kappa shape index (κ2) is 7.43. The van der Waals surface area contributed by atoms with Gasteiger partial charge in [-0.05, 0) is 18.9 Å². The number of rotatable bonds is 6. The minimum absolute atomic E-state index is 0.432. The summed E-state index contributed by atoms with van der Waals surface area (Å²) in [6, 6.07) is 4.16. The molecule has 0 spiro atoms. The van der Waals surface area contributed by atoms with E-state index < -0.39 is 0 Å². The number of benzene rings is 1. The van der Waals surface area contributed by atoms with Crippen LogP contribution in [-0.2, 0) is 4.74 Å². The maximum atomic E-state index is 5.87. The fraction of sp³-hybridized carbons (Fsp3) is 0.500. The molecule has 1 aliphatic heterocycles. The van der Waals surface area contributed by atoms with Crippen LogP contribution in [0.5, 0.6) is 11.5 Å². The van der Waals surface area contributed by atoms with Crippen LogP contribution in [0.15, 0.2) is 18.5 Å². The molecule has 0 bridgehead atoms. The van der Waals surface area contributed by atoms with E-state index in [4.69, 9.17) is 19.9 Å². The number of nitrogens with two attached hydrogens (primary N) is 1. The molecule has 0 aliphatic carbocycles. The summed E-state index contributed by atoms with van der Waals surface area (Å²) in [4.78, 5) is 8.21. The second-order valence-corrected chi connectivity index (χ2v) is 5.47. The smallest absolute Gasteiger partial charge is 0.163 e. The average Bonchev–Trinajstić information content (AvgIpc) is 2.59. The van der Waals surface area contributed by atoms with E-state index in [9.17, 15) is 0 Å². The molecule has 0 saturated carbocycles. The van der Waals surface area contributed by atoms with Gasteiger partial charge in [0.1, 0.15) is 18.8 Å². The molecule has 0 atom stereocenters. The average molecular weight is 318 g/mol. The van der Waals surface area contributed by atoms with E-state index in [1.54, 1.807) is 7.11 Å². The quantitative estimate of drug-likeness (QED) is 0.777. The summed E-state index contributed by atoms with van der Waals surface area (Å²) in [7, 11) is 1.61.